The van der Waals surface area contributed by atoms with E-state index in [1.807, 2.05) is 31.2 Å². The van der Waals surface area contributed by atoms with Crippen molar-refractivity contribution in [2.75, 3.05) is 11.9 Å². The fraction of sp³-hybridized carbons (Fsp3) is 0.214. The van der Waals surface area contributed by atoms with Crippen molar-refractivity contribution < 1.29 is 4.74 Å². The summed E-state index contributed by atoms with van der Waals surface area (Å²) in [6.07, 6.45) is 1.77. The van der Waals surface area contributed by atoms with Crippen LogP contribution in [0.4, 0.5) is 5.69 Å². The molecule has 106 valence electrons. The molecule has 0 amide bonds. The number of hydrogen-bond acceptors (Lipinski definition) is 3. The van der Waals surface area contributed by atoms with Gasteiger partial charge in [-0.25, -0.2) is 0 Å². The van der Waals surface area contributed by atoms with Crippen molar-refractivity contribution in [3.63, 3.8) is 0 Å². The van der Waals surface area contributed by atoms with Crippen LogP contribution in [0.15, 0.2) is 39.4 Å². The van der Waals surface area contributed by atoms with Crippen molar-refractivity contribution in [2.45, 2.75) is 13.5 Å². The SMILES string of the molecule is CCOc1c(Br)cc(Cl)cc1NCc1ccc(Br)cn1. The van der Waals surface area contributed by atoms with Gasteiger partial charge in [-0.2, -0.15) is 0 Å². The van der Waals surface area contributed by atoms with Crippen LogP contribution >= 0.6 is 43.5 Å². The molecule has 0 aliphatic rings. The standard InChI is InChI=1S/C14H13Br2ClN2O/c1-2-20-14-12(16)5-10(17)6-13(14)19-8-11-4-3-9(15)7-18-11/h3-7,19H,2,8H2,1H3. The fourth-order valence-electron chi connectivity index (χ4n) is 1.68. The van der Waals surface area contributed by atoms with Gasteiger partial charge in [0.05, 0.1) is 29.0 Å². The van der Waals surface area contributed by atoms with Gasteiger partial charge in [-0.15, -0.1) is 0 Å². The Hall–Kier alpha value is -0.780. The highest BCUT2D eigenvalue weighted by atomic mass is 79.9. The Bertz CT molecular complexity index is 590. The maximum Gasteiger partial charge on any atom is 0.156 e. The van der Waals surface area contributed by atoms with Crippen molar-refractivity contribution in [2.24, 2.45) is 0 Å². The Kier molecular flexibility index (Phi) is 5.69. The van der Waals surface area contributed by atoms with Gasteiger partial charge in [0, 0.05) is 15.7 Å². The van der Waals surface area contributed by atoms with E-state index in [2.05, 4.69) is 42.2 Å². The number of rotatable bonds is 5. The molecule has 0 radical (unpaired) electrons. The molecule has 0 bridgehead atoms. The smallest absolute Gasteiger partial charge is 0.156 e. The molecule has 0 fully saturated rings. The second kappa shape index (κ2) is 7.29. The van der Waals surface area contributed by atoms with Crippen molar-refractivity contribution in [1.82, 2.24) is 4.98 Å². The summed E-state index contributed by atoms with van der Waals surface area (Å²) in [7, 11) is 0. The first-order valence-corrected chi connectivity index (χ1v) is 8.02. The van der Waals surface area contributed by atoms with Crippen LogP contribution in [0.25, 0.3) is 0 Å². The third kappa shape index (κ3) is 4.11. The lowest BCUT2D eigenvalue weighted by atomic mass is 10.2. The zero-order chi connectivity index (χ0) is 14.5. The molecule has 1 aromatic heterocycles. The van der Waals surface area contributed by atoms with Gasteiger partial charge in [0.2, 0.25) is 0 Å². The number of nitrogens with one attached hydrogen (secondary N) is 1. The molecule has 0 saturated heterocycles. The summed E-state index contributed by atoms with van der Waals surface area (Å²) in [4.78, 5) is 4.32. The van der Waals surface area contributed by atoms with E-state index >= 15 is 0 Å². The van der Waals surface area contributed by atoms with Crippen LogP contribution < -0.4 is 10.1 Å². The maximum atomic E-state index is 6.08. The molecule has 0 aliphatic heterocycles. The number of anilines is 1. The summed E-state index contributed by atoms with van der Waals surface area (Å²) in [6.45, 7) is 3.13. The van der Waals surface area contributed by atoms with Crippen molar-refractivity contribution in [1.29, 1.82) is 0 Å². The summed E-state index contributed by atoms with van der Waals surface area (Å²) in [6, 6.07) is 7.57. The average Bonchev–Trinajstić information content (AvgIpc) is 2.41. The highest BCUT2D eigenvalue weighted by molar-refractivity contribution is 9.10. The second-order valence-corrected chi connectivity index (χ2v) is 6.23. The fourth-order valence-corrected chi connectivity index (χ4v) is 2.84. The van der Waals surface area contributed by atoms with Crippen LogP contribution in [0.1, 0.15) is 12.6 Å². The Morgan fingerprint density at radius 2 is 2.10 bits per heavy atom. The molecule has 1 N–H and O–H groups in total. The topological polar surface area (TPSA) is 34.1 Å². The molecular formula is C14H13Br2ClN2O. The van der Waals surface area contributed by atoms with Crippen LogP contribution in [0.2, 0.25) is 5.02 Å². The Labute approximate surface area is 140 Å². The third-order valence-corrected chi connectivity index (χ3v) is 3.82. The maximum absolute atomic E-state index is 6.08. The molecule has 1 aromatic carbocycles. The second-order valence-electron chi connectivity index (χ2n) is 4.02. The lowest BCUT2D eigenvalue weighted by Crippen LogP contribution is -2.04. The van der Waals surface area contributed by atoms with E-state index in [1.165, 1.54) is 0 Å². The van der Waals surface area contributed by atoms with Gasteiger partial charge in [0.1, 0.15) is 0 Å². The number of hydrogen-bond donors (Lipinski definition) is 1. The minimum absolute atomic E-state index is 0.589. The van der Waals surface area contributed by atoms with Gasteiger partial charge in [0.25, 0.3) is 0 Å². The van der Waals surface area contributed by atoms with Gasteiger partial charge in [0.15, 0.2) is 5.75 Å². The molecule has 6 heteroatoms. The first-order valence-electron chi connectivity index (χ1n) is 6.06. The number of pyridine rings is 1. The highest BCUT2D eigenvalue weighted by Gasteiger charge is 2.10. The van der Waals surface area contributed by atoms with Crippen LogP contribution in [0, 0.1) is 0 Å². The molecule has 2 aromatic rings. The lowest BCUT2D eigenvalue weighted by molar-refractivity contribution is 0.339. The quantitative estimate of drug-likeness (QED) is 0.715. The molecular weight excluding hydrogens is 407 g/mol. The molecule has 0 spiro atoms. The van der Waals surface area contributed by atoms with Crippen molar-refractivity contribution in [3.05, 3.63) is 50.1 Å². The third-order valence-electron chi connectivity index (χ3n) is 2.55. The van der Waals surface area contributed by atoms with Gasteiger partial charge < -0.3 is 10.1 Å². The normalized spacial score (nSPS) is 10.4. The van der Waals surface area contributed by atoms with E-state index in [4.69, 9.17) is 16.3 Å². The predicted octanol–water partition coefficient (Wildman–Crippen LogP) is 5.27. The lowest BCUT2D eigenvalue weighted by Gasteiger charge is -2.14. The largest absolute Gasteiger partial charge is 0.491 e. The Morgan fingerprint density at radius 3 is 2.75 bits per heavy atom. The van der Waals surface area contributed by atoms with Gasteiger partial charge in [-0.05, 0) is 63.0 Å². The van der Waals surface area contributed by atoms with Crippen molar-refractivity contribution >= 4 is 49.1 Å². The first-order chi connectivity index (χ1) is 9.60. The van der Waals surface area contributed by atoms with Crippen LogP contribution in [0.3, 0.4) is 0 Å². The molecule has 20 heavy (non-hydrogen) atoms. The monoisotopic (exact) mass is 418 g/mol. The van der Waals surface area contributed by atoms with Crippen LogP contribution in [-0.2, 0) is 6.54 Å². The van der Waals surface area contributed by atoms with Crippen LogP contribution in [-0.4, -0.2) is 11.6 Å². The summed E-state index contributed by atoms with van der Waals surface area (Å²) >= 11 is 12.9. The summed E-state index contributed by atoms with van der Waals surface area (Å²) in [5.41, 5.74) is 1.78. The van der Waals surface area contributed by atoms with Gasteiger partial charge >= 0.3 is 0 Å². The molecule has 0 aliphatic carbocycles. The van der Waals surface area contributed by atoms with E-state index in [0.29, 0.717) is 18.2 Å². The van der Waals surface area contributed by atoms with Gasteiger partial charge in [-0.3, -0.25) is 4.98 Å². The number of benzene rings is 1. The van der Waals surface area contributed by atoms with E-state index in [0.717, 1.165) is 26.1 Å². The van der Waals surface area contributed by atoms with Gasteiger partial charge in [-0.1, -0.05) is 11.6 Å². The Morgan fingerprint density at radius 1 is 1.30 bits per heavy atom. The molecule has 2 rings (SSSR count). The highest BCUT2D eigenvalue weighted by Crippen LogP contribution is 2.36. The average molecular weight is 421 g/mol. The van der Waals surface area contributed by atoms with E-state index in [1.54, 1.807) is 6.20 Å². The molecule has 3 nitrogen and oxygen atoms in total. The molecule has 1 heterocycles. The number of nitrogens with zero attached hydrogens (tertiary/aromatic N) is 1. The predicted molar refractivity (Wildman–Crippen MR) is 89.6 cm³/mol. The summed E-state index contributed by atoms with van der Waals surface area (Å²) in [5.74, 6) is 0.758. The summed E-state index contributed by atoms with van der Waals surface area (Å²) < 4.78 is 7.43. The minimum atomic E-state index is 0.589. The van der Waals surface area contributed by atoms with E-state index < -0.39 is 0 Å². The zero-order valence-corrected chi connectivity index (χ0v) is 14.7. The van der Waals surface area contributed by atoms with E-state index in [-0.39, 0.29) is 0 Å². The number of ether oxygens (including phenoxy) is 1. The van der Waals surface area contributed by atoms with E-state index in [9.17, 15) is 0 Å². The first kappa shape index (κ1) is 15.6. The minimum Gasteiger partial charge on any atom is -0.491 e. The zero-order valence-electron chi connectivity index (χ0n) is 10.8. The molecule has 0 atom stereocenters. The number of halogens is 3. The van der Waals surface area contributed by atoms with Crippen molar-refractivity contribution in [3.8, 4) is 5.75 Å². The molecule has 0 unspecified atom stereocenters. The number of aromatic nitrogens is 1. The summed E-state index contributed by atoms with van der Waals surface area (Å²) in [5, 5.41) is 3.94. The Balaban J connectivity index is 2.17. The molecule has 0 saturated carbocycles. The van der Waals surface area contributed by atoms with Crippen LogP contribution in [0.5, 0.6) is 5.75 Å².